The van der Waals surface area contributed by atoms with Crippen molar-refractivity contribution in [3.8, 4) is 0 Å². The lowest BCUT2D eigenvalue weighted by Crippen LogP contribution is -2.50. The highest BCUT2D eigenvalue weighted by atomic mass is 16.5. The second-order valence-electron chi connectivity index (χ2n) is 5.87. The highest BCUT2D eigenvalue weighted by Crippen LogP contribution is 2.34. The van der Waals surface area contributed by atoms with Crippen molar-refractivity contribution in [1.29, 1.82) is 0 Å². The summed E-state index contributed by atoms with van der Waals surface area (Å²) in [6.07, 6.45) is 1.81. The standard InChI is InChI=1S/C14H23NO4/c1-5-19-12(16)9-10-6-7-15(13(17)18)11(8-10)14(2,3)4/h9,11H,5-8H2,1-4H3,(H,17,18). The fourth-order valence-electron chi connectivity index (χ4n) is 2.36. The Hall–Kier alpha value is -1.52. The van der Waals surface area contributed by atoms with Crippen LogP contribution in [-0.4, -0.2) is 41.3 Å². The van der Waals surface area contributed by atoms with Crippen molar-refractivity contribution in [1.82, 2.24) is 4.90 Å². The Bertz CT molecular complexity index is 381. The number of carboxylic acid groups (broad SMARTS) is 1. The van der Waals surface area contributed by atoms with Crippen LogP contribution < -0.4 is 0 Å². The fraction of sp³-hybridized carbons (Fsp3) is 0.714. The predicted octanol–water partition coefficient (Wildman–Crippen LogP) is 2.66. The number of rotatable bonds is 2. The van der Waals surface area contributed by atoms with Gasteiger partial charge in [-0.15, -0.1) is 0 Å². The highest BCUT2D eigenvalue weighted by molar-refractivity contribution is 5.82. The average Bonchev–Trinajstić information content (AvgIpc) is 2.27. The first-order valence-corrected chi connectivity index (χ1v) is 6.61. The van der Waals surface area contributed by atoms with E-state index in [-0.39, 0.29) is 17.4 Å². The topological polar surface area (TPSA) is 66.8 Å². The van der Waals surface area contributed by atoms with Crippen molar-refractivity contribution in [2.45, 2.75) is 46.6 Å². The Balaban J connectivity index is 2.85. The molecule has 0 saturated carbocycles. The number of ether oxygens (including phenoxy) is 1. The van der Waals surface area contributed by atoms with Gasteiger partial charge in [0.05, 0.1) is 6.61 Å². The number of nitrogens with zero attached hydrogens (tertiary/aromatic N) is 1. The van der Waals surface area contributed by atoms with Gasteiger partial charge in [-0.2, -0.15) is 0 Å². The third kappa shape index (κ3) is 4.26. The van der Waals surface area contributed by atoms with E-state index < -0.39 is 6.09 Å². The van der Waals surface area contributed by atoms with Crippen molar-refractivity contribution in [3.05, 3.63) is 11.6 Å². The molecule has 1 atom stereocenters. The Labute approximate surface area is 114 Å². The summed E-state index contributed by atoms with van der Waals surface area (Å²) in [6.45, 7) is 8.60. The molecule has 0 aromatic carbocycles. The minimum atomic E-state index is -0.893. The van der Waals surface area contributed by atoms with E-state index in [1.807, 2.05) is 20.8 Å². The normalized spacial score (nSPS) is 22.4. The SMILES string of the molecule is CCOC(=O)C=C1CCN(C(=O)O)C(C(C)(C)C)C1. The van der Waals surface area contributed by atoms with Gasteiger partial charge in [-0.05, 0) is 25.2 Å². The van der Waals surface area contributed by atoms with Crippen LogP contribution >= 0.6 is 0 Å². The van der Waals surface area contributed by atoms with Gasteiger partial charge in [0, 0.05) is 18.7 Å². The molecule has 0 spiro atoms. The monoisotopic (exact) mass is 269 g/mol. The number of carbonyl (C=O) groups is 2. The van der Waals surface area contributed by atoms with E-state index >= 15 is 0 Å². The van der Waals surface area contributed by atoms with Crippen LogP contribution in [0.2, 0.25) is 0 Å². The molecule has 0 aromatic rings. The Kier molecular flexibility index (Phi) is 4.97. The third-order valence-electron chi connectivity index (χ3n) is 3.36. The van der Waals surface area contributed by atoms with Gasteiger partial charge < -0.3 is 14.7 Å². The third-order valence-corrected chi connectivity index (χ3v) is 3.36. The van der Waals surface area contributed by atoms with Gasteiger partial charge >= 0.3 is 12.1 Å². The van der Waals surface area contributed by atoms with Crippen LogP contribution in [0.3, 0.4) is 0 Å². The number of likely N-dealkylation sites (tertiary alicyclic amines) is 1. The molecule has 0 bridgehead atoms. The van der Waals surface area contributed by atoms with Gasteiger partial charge in [-0.25, -0.2) is 9.59 Å². The Morgan fingerprint density at radius 1 is 1.47 bits per heavy atom. The molecule has 5 nitrogen and oxygen atoms in total. The summed E-state index contributed by atoms with van der Waals surface area (Å²) in [5, 5.41) is 9.24. The lowest BCUT2D eigenvalue weighted by molar-refractivity contribution is -0.137. The van der Waals surface area contributed by atoms with Crippen LogP contribution in [0.1, 0.15) is 40.5 Å². The molecular weight excluding hydrogens is 246 g/mol. The van der Waals surface area contributed by atoms with Gasteiger partial charge in [0.2, 0.25) is 0 Å². The van der Waals surface area contributed by atoms with Crippen LogP contribution in [0, 0.1) is 5.41 Å². The number of amides is 1. The lowest BCUT2D eigenvalue weighted by Gasteiger charge is -2.42. The van der Waals surface area contributed by atoms with Gasteiger partial charge in [-0.3, -0.25) is 0 Å². The predicted molar refractivity (Wildman–Crippen MR) is 71.9 cm³/mol. The van der Waals surface area contributed by atoms with E-state index in [0.717, 1.165) is 5.57 Å². The molecule has 1 N–H and O–H groups in total. The summed E-state index contributed by atoms with van der Waals surface area (Å²) in [7, 11) is 0. The molecule has 1 saturated heterocycles. The highest BCUT2D eigenvalue weighted by Gasteiger charge is 2.36. The van der Waals surface area contributed by atoms with Crippen molar-refractivity contribution in [2.75, 3.05) is 13.2 Å². The van der Waals surface area contributed by atoms with Crippen molar-refractivity contribution >= 4 is 12.1 Å². The summed E-state index contributed by atoms with van der Waals surface area (Å²) < 4.78 is 4.89. The molecule has 1 amide bonds. The molecule has 19 heavy (non-hydrogen) atoms. The van der Waals surface area contributed by atoms with E-state index in [4.69, 9.17) is 4.74 Å². The molecule has 5 heteroatoms. The summed E-state index contributed by atoms with van der Waals surface area (Å²) in [4.78, 5) is 24.2. The molecule has 0 aliphatic carbocycles. The van der Waals surface area contributed by atoms with E-state index in [0.29, 0.717) is 26.0 Å². The molecule has 1 aliphatic heterocycles. The van der Waals surface area contributed by atoms with Crippen LogP contribution in [-0.2, 0) is 9.53 Å². The maximum absolute atomic E-state index is 11.5. The zero-order valence-electron chi connectivity index (χ0n) is 12.1. The number of piperidine rings is 1. The van der Waals surface area contributed by atoms with Gasteiger partial charge in [0.1, 0.15) is 0 Å². The first kappa shape index (κ1) is 15.5. The first-order chi connectivity index (χ1) is 8.75. The summed E-state index contributed by atoms with van der Waals surface area (Å²) >= 11 is 0. The molecule has 1 aliphatic rings. The maximum atomic E-state index is 11.5. The van der Waals surface area contributed by atoms with E-state index in [1.54, 1.807) is 6.92 Å². The Morgan fingerprint density at radius 3 is 2.58 bits per heavy atom. The van der Waals surface area contributed by atoms with Crippen molar-refractivity contribution < 1.29 is 19.4 Å². The van der Waals surface area contributed by atoms with Crippen molar-refractivity contribution in [3.63, 3.8) is 0 Å². The number of hydrogen-bond acceptors (Lipinski definition) is 3. The van der Waals surface area contributed by atoms with Crippen LogP contribution in [0.25, 0.3) is 0 Å². The minimum absolute atomic E-state index is 0.112. The average molecular weight is 269 g/mol. The van der Waals surface area contributed by atoms with Crippen LogP contribution in [0.4, 0.5) is 4.79 Å². The second-order valence-corrected chi connectivity index (χ2v) is 5.87. The van der Waals surface area contributed by atoms with Crippen LogP contribution in [0.15, 0.2) is 11.6 Å². The number of esters is 1. The maximum Gasteiger partial charge on any atom is 0.407 e. The van der Waals surface area contributed by atoms with Gasteiger partial charge in [0.15, 0.2) is 0 Å². The smallest absolute Gasteiger partial charge is 0.407 e. The van der Waals surface area contributed by atoms with E-state index in [1.165, 1.54) is 11.0 Å². The molecule has 0 aromatic heterocycles. The molecule has 0 radical (unpaired) electrons. The summed E-state index contributed by atoms with van der Waals surface area (Å²) in [5.74, 6) is -0.339. The van der Waals surface area contributed by atoms with Gasteiger partial charge in [-0.1, -0.05) is 26.3 Å². The summed E-state index contributed by atoms with van der Waals surface area (Å²) in [5.41, 5.74) is 0.808. The zero-order valence-corrected chi connectivity index (χ0v) is 12.1. The van der Waals surface area contributed by atoms with E-state index in [9.17, 15) is 14.7 Å². The fourth-order valence-corrected chi connectivity index (χ4v) is 2.36. The molecule has 1 rings (SSSR count). The minimum Gasteiger partial charge on any atom is -0.465 e. The second kappa shape index (κ2) is 6.08. The number of hydrogen-bond donors (Lipinski definition) is 1. The molecular formula is C14H23NO4. The molecule has 1 fully saturated rings. The lowest BCUT2D eigenvalue weighted by atomic mass is 9.79. The largest absolute Gasteiger partial charge is 0.465 e. The van der Waals surface area contributed by atoms with E-state index in [2.05, 4.69) is 0 Å². The molecule has 1 heterocycles. The molecule has 1 unspecified atom stereocenters. The Morgan fingerprint density at radius 2 is 2.11 bits per heavy atom. The summed E-state index contributed by atoms with van der Waals surface area (Å²) in [6, 6.07) is -0.112. The first-order valence-electron chi connectivity index (χ1n) is 6.61. The number of carbonyl (C=O) groups excluding carboxylic acids is 1. The van der Waals surface area contributed by atoms with Gasteiger partial charge in [0.25, 0.3) is 0 Å². The van der Waals surface area contributed by atoms with Crippen LogP contribution in [0.5, 0.6) is 0 Å². The van der Waals surface area contributed by atoms with Crippen molar-refractivity contribution in [2.24, 2.45) is 5.41 Å². The quantitative estimate of drug-likeness (QED) is 0.618. The molecule has 108 valence electrons. The zero-order chi connectivity index (χ0) is 14.6.